The van der Waals surface area contributed by atoms with Gasteiger partial charge in [0.05, 0.1) is 11.5 Å². The van der Waals surface area contributed by atoms with Crippen LogP contribution in [0.15, 0.2) is 54.9 Å². The van der Waals surface area contributed by atoms with Crippen molar-refractivity contribution in [2.45, 2.75) is 13.3 Å². The maximum Gasteiger partial charge on any atom is 0.269 e. The van der Waals surface area contributed by atoms with E-state index in [2.05, 4.69) is 0 Å². The number of aromatic nitrogens is 1. The van der Waals surface area contributed by atoms with Crippen LogP contribution < -0.4 is 4.57 Å². The van der Waals surface area contributed by atoms with E-state index in [-0.39, 0.29) is 5.69 Å². The molecule has 0 atom stereocenters. The van der Waals surface area contributed by atoms with E-state index in [9.17, 15) is 10.1 Å². The van der Waals surface area contributed by atoms with Gasteiger partial charge in [0.1, 0.15) is 0 Å². The quantitative estimate of drug-likeness (QED) is 0.460. The van der Waals surface area contributed by atoms with Crippen LogP contribution in [0, 0.1) is 10.1 Å². The number of nitrogens with zero attached hydrogens (tertiary/aromatic N) is 2. The molecule has 18 heavy (non-hydrogen) atoms. The predicted octanol–water partition coefficient (Wildman–Crippen LogP) is 2.06. The molecule has 1 aromatic heterocycles. The Bertz CT molecular complexity index is 529. The molecular weight excluding hydrogens is 232 g/mol. The summed E-state index contributed by atoms with van der Waals surface area (Å²) in [5.41, 5.74) is 0.879. The molecule has 0 aliphatic rings. The topological polar surface area (TPSA) is 56.3 Å². The molecule has 0 amide bonds. The standard InChI is InChI=1S/C13H13N2O3/c16-15(17)13-6-4-5-12(9-13)10-18-11-14-7-2-1-3-8-14/h1-9H,10-11H2/q+1. The molecule has 0 saturated carbocycles. The maximum absolute atomic E-state index is 10.6. The lowest BCUT2D eigenvalue weighted by molar-refractivity contribution is -0.733. The number of hydrogen-bond acceptors (Lipinski definition) is 3. The number of ether oxygens (including phenoxy) is 1. The minimum Gasteiger partial charge on any atom is -0.318 e. The van der Waals surface area contributed by atoms with Crippen LogP contribution in [-0.2, 0) is 18.1 Å². The zero-order valence-electron chi connectivity index (χ0n) is 9.73. The summed E-state index contributed by atoms with van der Waals surface area (Å²) in [4.78, 5) is 10.2. The molecule has 2 rings (SSSR count). The first-order valence-electron chi connectivity index (χ1n) is 5.51. The molecule has 5 heteroatoms. The molecule has 2 aromatic rings. The highest BCUT2D eigenvalue weighted by Crippen LogP contribution is 2.13. The van der Waals surface area contributed by atoms with Gasteiger partial charge in [-0.2, -0.15) is 4.57 Å². The van der Waals surface area contributed by atoms with Gasteiger partial charge >= 0.3 is 0 Å². The van der Waals surface area contributed by atoms with Crippen LogP contribution in [-0.4, -0.2) is 4.92 Å². The Kier molecular flexibility index (Phi) is 3.98. The normalized spacial score (nSPS) is 10.2. The van der Waals surface area contributed by atoms with E-state index >= 15 is 0 Å². The van der Waals surface area contributed by atoms with Gasteiger partial charge in [-0.05, 0) is 5.56 Å². The number of benzene rings is 1. The summed E-state index contributed by atoms with van der Waals surface area (Å²) in [6.45, 7) is 0.771. The first-order chi connectivity index (χ1) is 8.75. The second-order valence-electron chi connectivity index (χ2n) is 3.79. The van der Waals surface area contributed by atoms with E-state index in [1.165, 1.54) is 12.1 Å². The van der Waals surface area contributed by atoms with Gasteiger partial charge in [-0.25, -0.2) is 0 Å². The molecule has 0 aliphatic carbocycles. The zero-order chi connectivity index (χ0) is 12.8. The van der Waals surface area contributed by atoms with Crippen molar-refractivity contribution < 1.29 is 14.2 Å². The fourth-order valence-corrected chi connectivity index (χ4v) is 1.55. The molecular formula is C13H13N2O3+. The molecule has 1 aromatic carbocycles. The highest BCUT2D eigenvalue weighted by Gasteiger charge is 2.06. The molecule has 0 fully saturated rings. The predicted molar refractivity (Wildman–Crippen MR) is 64.5 cm³/mol. The van der Waals surface area contributed by atoms with Crippen molar-refractivity contribution in [3.8, 4) is 0 Å². The average Bonchev–Trinajstić information content (AvgIpc) is 2.40. The second-order valence-corrected chi connectivity index (χ2v) is 3.79. The highest BCUT2D eigenvalue weighted by atomic mass is 16.6. The van der Waals surface area contributed by atoms with Gasteiger partial charge in [-0.3, -0.25) is 10.1 Å². The number of nitro benzene ring substituents is 1. The third-order valence-corrected chi connectivity index (χ3v) is 2.41. The smallest absolute Gasteiger partial charge is 0.269 e. The van der Waals surface area contributed by atoms with Gasteiger partial charge in [0.25, 0.3) is 12.4 Å². The van der Waals surface area contributed by atoms with Gasteiger partial charge < -0.3 is 4.74 Å². The molecule has 1 heterocycles. The lowest BCUT2D eigenvalue weighted by Gasteiger charge is -2.01. The Balaban J connectivity index is 1.90. The monoisotopic (exact) mass is 245 g/mol. The van der Waals surface area contributed by atoms with Crippen LogP contribution in [0.1, 0.15) is 5.56 Å². The number of pyridine rings is 1. The van der Waals surface area contributed by atoms with Crippen molar-refractivity contribution in [2.75, 3.05) is 0 Å². The molecule has 0 bridgehead atoms. The van der Waals surface area contributed by atoms with Gasteiger partial charge in [-0.1, -0.05) is 18.2 Å². The van der Waals surface area contributed by atoms with Gasteiger partial charge in [0.15, 0.2) is 12.4 Å². The van der Waals surface area contributed by atoms with E-state index < -0.39 is 4.92 Å². The van der Waals surface area contributed by atoms with Gasteiger partial charge in [0, 0.05) is 24.3 Å². The van der Waals surface area contributed by atoms with E-state index in [1.54, 1.807) is 6.07 Å². The Morgan fingerprint density at radius 2 is 1.94 bits per heavy atom. The van der Waals surface area contributed by atoms with Crippen LogP contribution in [0.2, 0.25) is 0 Å². The Labute approximate surface area is 104 Å². The van der Waals surface area contributed by atoms with Crippen LogP contribution >= 0.6 is 0 Å². The van der Waals surface area contributed by atoms with Gasteiger partial charge in [0.2, 0.25) is 0 Å². The number of non-ortho nitro benzene ring substituents is 1. The molecule has 92 valence electrons. The summed E-state index contributed by atoms with van der Waals surface area (Å²) < 4.78 is 7.37. The average molecular weight is 245 g/mol. The SMILES string of the molecule is O=[N+]([O-])c1cccc(COC[n+]2ccccc2)c1. The van der Waals surface area contributed by atoms with Crippen molar-refractivity contribution >= 4 is 5.69 Å². The Hall–Kier alpha value is -2.27. The first kappa shape index (κ1) is 12.2. The molecule has 0 radical (unpaired) electrons. The molecule has 0 saturated heterocycles. The van der Waals surface area contributed by atoms with Crippen LogP contribution in [0.4, 0.5) is 5.69 Å². The lowest BCUT2D eigenvalue weighted by Crippen LogP contribution is -2.33. The molecule has 0 unspecified atom stereocenters. The highest BCUT2D eigenvalue weighted by molar-refractivity contribution is 5.33. The molecule has 0 N–H and O–H groups in total. The number of rotatable bonds is 5. The van der Waals surface area contributed by atoms with E-state index in [4.69, 9.17) is 4.74 Å². The fourth-order valence-electron chi connectivity index (χ4n) is 1.55. The van der Waals surface area contributed by atoms with Gasteiger partial charge in [-0.15, -0.1) is 0 Å². The van der Waals surface area contributed by atoms with E-state index in [1.807, 2.05) is 41.2 Å². The molecule has 0 aliphatic heterocycles. The maximum atomic E-state index is 10.6. The van der Waals surface area contributed by atoms with Crippen LogP contribution in [0.5, 0.6) is 0 Å². The second kappa shape index (κ2) is 5.88. The summed E-state index contributed by atoms with van der Waals surface area (Å²) in [7, 11) is 0. The minimum absolute atomic E-state index is 0.0865. The largest absolute Gasteiger partial charge is 0.318 e. The third-order valence-electron chi connectivity index (χ3n) is 2.41. The summed E-state index contributed by atoms with van der Waals surface area (Å²) in [6.07, 6.45) is 3.79. The van der Waals surface area contributed by atoms with E-state index in [0.29, 0.717) is 13.3 Å². The summed E-state index contributed by atoms with van der Waals surface area (Å²) in [6, 6.07) is 12.2. The Morgan fingerprint density at radius 1 is 1.17 bits per heavy atom. The number of hydrogen-bond donors (Lipinski definition) is 0. The Morgan fingerprint density at radius 3 is 2.67 bits per heavy atom. The number of nitro groups is 1. The molecule has 0 spiro atoms. The van der Waals surface area contributed by atoms with Crippen molar-refractivity contribution in [2.24, 2.45) is 0 Å². The fraction of sp³-hybridized carbons (Fsp3) is 0.154. The van der Waals surface area contributed by atoms with Crippen LogP contribution in [0.25, 0.3) is 0 Å². The summed E-state index contributed by atoms with van der Waals surface area (Å²) in [5.74, 6) is 0. The lowest BCUT2D eigenvalue weighted by atomic mass is 10.2. The zero-order valence-corrected chi connectivity index (χ0v) is 9.73. The third kappa shape index (κ3) is 3.36. The van der Waals surface area contributed by atoms with Crippen molar-refractivity contribution in [1.82, 2.24) is 0 Å². The first-order valence-corrected chi connectivity index (χ1v) is 5.51. The summed E-state index contributed by atoms with van der Waals surface area (Å²) in [5, 5.41) is 10.6. The van der Waals surface area contributed by atoms with Crippen molar-refractivity contribution in [3.63, 3.8) is 0 Å². The molecule has 5 nitrogen and oxygen atoms in total. The minimum atomic E-state index is -0.407. The van der Waals surface area contributed by atoms with E-state index in [0.717, 1.165) is 5.56 Å². The van der Waals surface area contributed by atoms with Crippen LogP contribution in [0.3, 0.4) is 0 Å². The van der Waals surface area contributed by atoms with Crippen molar-refractivity contribution in [1.29, 1.82) is 0 Å². The van der Waals surface area contributed by atoms with Crippen molar-refractivity contribution in [3.05, 3.63) is 70.5 Å². The summed E-state index contributed by atoms with van der Waals surface area (Å²) >= 11 is 0.